The Morgan fingerprint density at radius 1 is 1.56 bits per heavy atom. The van der Waals surface area contributed by atoms with E-state index in [-0.39, 0.29) is 5.41 Å². The maximum Gasteiger partial charge on any atom is 0.0824 e. The number of hydrogen-bond acceptors (Lipinski definition) is 3. The zero-order chi connectivity index (χ0) is 12.2. The third kappa shape index (κ3) is 3.58. The Balaban J connectivity index is 2.51. The molecule has 0 atom stereocenters. The SMILES string of the molecule is Cc1nn(C)cc1NCC(C)(C)CCC#N. The van der Waals surface area contributed by atoms with E-state index in [1.165, 1.54) is 0 Å². The van der Waals surface area contributed by atoms with Crippen LogP contribution in [0.1, 0.15) is 32.4 Å². The lowest BCUT2D eigenvalue weighted by atomic mass is 9.88. The molecule has 88 valence electrons. The van der Waals surface area contributed by atoms with Gasteiger partial charge < -0.3 is 5.32 Å². The molecule has 0 bridgehead atoms. The predicted octanol–water partition coefficient (Wildman–Crippen LogP) is 2.47. The minimum atomic E-state index is 0.137. The molecule has 0 aliphatic heterocycles. The maximum absolute atomic E-state index is 8.58. The quantitative estimate of drug-likeness (QED) is 0.829. The minimum Gasteiger partial charge on any atom is -0.382 e. The van der Waals surface area contributed by atoms with Gasteiger partial charge in [-0.1, -0.05) is 13.8 Å². The van der Waals surface area contributed by atoms with Crippen LogP contribution in [0.3, 0.4) is 0 Å². The molecule has 1 heterocycles. The molecule has 0 saturated heterocycles. The third-order valence-electron chi connectivity index (χ3n) is 2.68. The Kier molecular flexibility index (Phi) is 3.94. The monoisotopic (exact) mass is 220 g/mol. The summed E-state index contributed by atoms with van der Waals surface area (Å²) >= 11 is 0. The van der Waals surface area contributed by atoms with Gasteiger partial charge in [0.2, 0.25) is 0 Å². The van der Waals surface area contributed by atoms with Crippen molar-refractivity contribution in [3.63, 3.8) is 0 Å². The van der Waals surface area contributed by atoms with E-state index in [2.05, 4.69) is 30.3 Å². The first-order valence-electron chi connectivity index (χ1n) is 5.56. The van der Waals surface area contributed by atoms with Crippen LogP contribution < -0.4 is 5.32 Å². The largest absolute Gasteiger partial charge is 0.382 e. The Bertz CT molecular complexity index is 384. The summed E-state index contributed by atoms with van der Waals surface area (Å²) in [5.74, 6) is 0. The molecule has 0 radical (unpaired) electrons. The Hall–Kier alpha value is -1.50. The van der Waals surface area contributed by atoms with E-state index < -0.39 is 0 Å². The van der Waals surface area contributed by atoms with E-state index in [0.717, 1.165) is 24.3 Å². The van der Waals surface area contributed by atoms with Crippen LogP contribution in [-0.2, 0) is 7.05 Å². The highest BCUT2D eigenvalue weighted by atomic mass is 15.3. The van der Waals surface area contributed by atoms with Crippen molar-refractivity contribution < 1.29 is 0 Å². The van der Waals surface area contributed by atoms with Crippen LogP contribution in [0.5, 0.6) is 0 Å². The number of anilines is 1. The molecule has 0 fully saturated rings. The fourth-order valence-electron chi connectivity index (χ4n) is 1.59. The fraction of sp³-hybridized carbons (Fsp3) is 0.667. The van der Waals surface area contributed by atoms with Crippen LogP contribution in [0, 0.1) is 23.7 Å². The maximum atomic E-state index is 8.58. The van der Waals surface area contributed by atoms with Gasteiger partial charge in [-0.2, -0.15) is 10.4 Å². The van der Waals surface area contributed by atoms with Crippen molar-refractivity contribution >= 4 is 5.69 Å². The second kappa shape index (κ2) is 5.02. The number of nitriles is 1. The Morgan fingerprint density at radius 3 is 2.75 bits per heavy atom. The van der Waals surface area contributed by atoms with Gasteiger partial charge in [0.15, 0.2) is 0 Å². The lowest BCUT2D eigenvalue weighted by Gasteiger charge is -2.24. The second-order valence-corrected chi connectivity index (χ2v) is 4.98. The number of nitrogens with zero attached hydrogens (tertiary/aromatic N) is 3. The van der Waals surface area contributed by atoms with Crippen molar-refractivity contribution in [3.8, 4) is 6.07 Å². The summed E-state index contributed by atoms with van der Waals surface area (Å²) in [5, 5.41) is 16.2. The van der Waals surface area contributed by atoms with Crippen LogP contribution in [0.2, 0.25) is 0 Å². The highest BCUT2D eigenvalue weighted by Crippen LogP contribution is 2.23. The van der Waals surface area contributed by atoms with Gasteiger partial charge in [0.25, 0.3) is 0 Å². The summed E-state index contributed by atoms with van der Waals surface area (Å²) < 4.78 is 1.81. The second-order valence-electron chi connectivity index (χ2n) is 4.98. The molecule has 1 aromatic heterocycles. The molecule has 0 aromatic carbocycles. The molecule has 0 spiro atoms. The highest BCUT2D eigenvalue weighted by Gasteiger charge is 2.17. The number of aryl methyl sites for hydroxylation is 2. The summed E-state index contributed by atoms with van der Waals surface area (Å²) in [5.41, 5.74) is 2.23. The minimum absolute atomic E-state index is 0.137. The molecular weight excluding hydrogens is 200 g/mol. The molecule has 4 heteroatoms. The first-order valence-corrected chi connectivity index (χ1v) is 5.56. The van der Waals surface area contributed by atoms with E-state index >= 15 is 0 Å². The van der Waals surface area contributed by atoms with Crippen molar-refractivity contribution in [2.45, 2.75) is 33.6 Å². The molecule has 1 N–H and O–H groups in total. The molecule has 4 nitrogen and oxygen atoms in total. The first kappa shape index (κ1) is 12.6. The van der Waals surface area contributed by atoms with Crippen molar-refractivity contribution in [2.24, 2.45) is 12.5 Å². The van der Waals surface area contributed by atoms with E-state index in [1.54, 1.807) is 4.68 Å². The normalized spacial score (nSPS) is 11.2. The number of nitrogens with one attached hydrogen (secondary N) is 1. The zero-order valence-corrected chi connectivity index (χ0v) is 10.5. The summed E-state index contributed by atoms with van der Waals surface area (Å²) in [4.78, 5) is 0. The highest BCUT2D eigenvalue weighted by molar-refractivity contribution is 5.45. The van der Waals surface area contributed by atoms with Crippen LogP contribution in [0.15, 0.2) is 6.20 Å². The van der Waals surface area contributed by atoms with Gasteiger partial charge in [-0.05, 0) is 18.8 Å². The van der Waals surface area contributed by atoms with Gasteiger partial charge in [-0.3, -0.25) is 4.68 Å². The average molecular weight is 220 g/mol. The molecule has 0 aliphatic carbocycles. The van der Waals surface area contributed by atoms with Gasteiger partial charge in [0.1, 0.15) is 0 Å². The Morgan fingerprint density at radius 2 is 2.25 bits per heavy atom. The lowest BCUT2D eigenvalue weighted by molar-refractivity contribution is 0.364. The van der Waals surface area contributed by atoms with Crippen LogP contribution in [0.4, 0.5) is 5.69 Å². The molecule has 0 saturated carbocycles. The van der Waals surface area contributed by atoms with Crippen molar-refractivity contribution in [3.05, 3.63) is 11.9 Å². The van der Waals surface area contributed by atoms with E-state index in [0.29, 0.717) is 6.42 Å². The average Bonchev–Trinajstić information content (AvgIpc) is 2.52. The van der Waals surface area contributed by atoms with Crippen molar-refractivity contribution in [1.29, 1.82) is 5.26 Å². The molecule has 1 aromatic rings. The van der Waals surface area contributed by atoms with E-state index in [4.69, 9.17) is 5.26 Å². The third-order valence-corrected chi connectivity index (χ3v) is 2.68. The number of aromatic nitrogens is 2. The Labute approximate surface area is 97.3 Å². The van der Waals surface area contributed by atoms with Crippen LogP contribution in [0.25, 0.3) is 0 Å². The number of rotatable bonds is 5. The molecule has 0 amide bonds. The summed E-state index contributed by atoms with van der Waals surface area (Å²) in [7, 11) is 1.92. The topological polar surface area (TPSA) is 53.6 Å². The van der Waals surface area contributed by atoms with Gasteiger partial charge in [0.05, 0.1) is 17.5 Å². The molecule has 0 unspecified atom stereocenters. The summed E-state index contributed by atoms with van der Waals surface area (Å²) in [6.07, 6.45) is 3.51. The van der Waals surface area contributed by atoms with Gasteiger partial charge in [-0.25, -0.2) is 0 Å². The smallest absolute Gasteiger partial charge is 0.0824 e. The molecule has 16 heavy (non-hydrogen) atoms. The van der Waals surface area contributed by atoms with Crippen LogP contribution >= 0.6 is 0 Å². The number of hydrogen-bond donors (Lipinski definition) is 1. The molecule has 1 rings (SSSR count). The van der Waals surface area contributed by atoms with Gasteiger partial charge in [-0.15, -0.1) is 0 Å². The first-order chi connectivity index (χ1) is 7.44. The summed E-state index contributed by atoms with van der Waals surface area (Å²) in [6, 6.07) is 2.19. The van der Waals surface area contributed by atoms with Crippen molar-refractivity contribution in [2.75, 3.05) is 11.9 Å². The fourth-order valence-corrected chi connectivity index (χ4v) is 1.59. The standard InChI is InChI=1S/C12H20N4/c1-10-11(8-16(4)15-10)14-9-12(2,3)6-5-7-13/h8,14H,5-6,9H2,1-4H3. The zero-order valence-electron chi connectivity index (χ0n) is 10.5. The molecule has 0 aliphatic rings. The van der Waals surface area contributed by atoms with Crippen LogP contribution in [-0.4, -0.2) is 16.3 Å². The van der Waals surface area contributed by atoms with Gasteiger partial charge in [0, 0.05) is 26.2 Å². The van der Waals surface area contributed by atoms with E-state index in [1.807, 2.05) is 20.2 Å². The van der Waals surface area contributed by atoms with Gasteiger partial charge >= 0.3 is 0 Å². The lowest BCUT2D eigenvalue weighted by Crippen LogP contribution is -2.23. The predicted molar refractivity (Wildman–Crippen MR) is 65.1 cm³/mol. The molecular formula is C12H20N4. The van der Waals surface area contributed by atoms with E-state index in [9.17, 15) is 0 Å². The van der Waals surface area contributed by atoms with Crippen molar-refractivity contribution in [1.82, 2.24) is 9.78 Å². The summed E-state index contributed by atoms with van der Waals surface area (Å²) in [6.45, 7) is 7.19.